The summed E-state index contributed by atoms with van der Waals surface area (Å²) >= 11 is 0. The van der Waals surface area contributed by atoms with Crippen molar-refractivity contribution in [3.8, 4) is 0 Å². The normalized spacial score (nSPS) is 17.9. The van der Waals surface area contributed by atoms with E-state index >= 15 is 0 Å². The van der Waals surface area contributed by atoms with E-state index in [1.165, 1.54) is 6.07 Å². The highest BCUT2D eigenvalue weighted by Crippen LogP contribution is 2.23. The Morgan fingerprint density at radius 3 is 2.82 bits per heavy atom. The number of halogens is 1. The minimum atomic E-state index is -0.186. The number of guanidine groups is 1. The van der Waals surface area contributed by atoms with Crippen LogP contribution in [0.4, 0.5) is 4.39 Å². The van der Waals surface area contributed by atoms with Gasteiger partial charge in [0.15, 0.2) is 5.96 Å². The molecule has 1 fully saturated rings. The minimum Gasteiger partial charge on any atom is -0.370 e. The lowest BCUT2D eigenvalue weighted by atomic mass is 10.1. The number of aryl methyl sites for hydroxylation is 1. The lowest BCUT2D eigenvalue weighted by Crippen LogP contribution is -2.34. The fourth-order valence-electron chi connectivity index (χ4n) is 1.62. The summed E-state index contributed by atoms with van der Waals surface area (Å²) < 4.78 is 13.4. The second-order valence-electron chi connectivity index (χ2n) is 4.62. The van der Waals surface area contributed by atoms with E-state index in [0.29, 0.717) is 17.6 Å². The van der Waals surface area contributed by atoms with Crippen molar-refractivity contribution in [1.29, 1.82) is 0 Å². The molecule has 3 nitrogen and oxygen atoms in total. The lowest BCUT2D eigenvalue weighted by Gasteiger charge is -2.15. The van der Waals surface area contributed by atoms with Crippen LogP contribution in [0.25, 0.3) is 0 Å². The number of nitrogens with zero attached hydrogens (tertiary/aromatic N) is 1. The molecule has 1 unspecified atom stereocenters. The zero-order valence-electron chi connectivity index (χ0n) is 10.2. The van der Waals surface area contributed by atoms with E-state index in [4.69, 9.17) is 5.73 Å². The number of rotatable bonds is 3. The van der Waals surface area contributed by atoms with E-state index in [2.05, 4.69) is 10.3 Å². The van der Waals surface area contributed by atoms with E-state index in [1.807, 2.05) is 13.0 Å². The van der Waals surface area contributed by atoms with Gasteiger partial charge >= 0.3 is 0 Å². The fraction of sp³-hybridized carbons (Fsp3) is 0.462. The highest BCUT2D eigenvalue weighted by atomic mass is 19.1. The van der Waals surface area contributed by atoms with Crippen LogP contribution in [0.3, 0.4) is 0 Å². The first-order valence-corrected chi connectivity index (χ1v) is 5.92. The summed E-state index contributed by atoms with van der Waals surface area (Å²) in [7, 11) is 0. The highest BCUT2D eigenvalue weighted by Gasteiger charge is 2.20. The molecule has 2 rings (SSSR count). The van der Waals surface area contributed by atoms with E-state index in [1.54, 1.807) is 13.0 Å². The maximum atomic E-state index is 13.4. The molecular weight excluding hydrogens is 217 g/mol. The molecule has 1 aromatic carbocycles. The van der Waals surface area contributed by atoms with Crippen LogP contribution in [0.5, 0.6) is 0 Å². The molecule has 0 amide bonds. The molecule has 1 saturated carbocycles. The monoisotopic (exact) mass is 235 g/mol. The SMILES string of the molecule is Cc1ccc(C(C)NC(N)=NC2CC2)cc1F. The minimum absolute atomic E-state index is 0.0346. The van der Waals surface area contributed by atoms with Crippen LogP contribution >= 0.6 is 0 Å². The van der Waals surface area contributed by atoms with E-state index in [-0.39, 0.29) is 11.9 Å². The molecule has 0 aliphatic heterocycles. The van der Waals surface area contributed by atoms with Crippen molar-refractivity contribution in [1.82, 2.24) is 5.32 Å². The Morgan fingerprint density at radius 1 is 1.53 bits per heavy atom. The molecular formula is C13H18FN3. The van der Waals surface area contributed by atoms with Gasteiger partial charge in [0.05, 0.1) is 12.1 Å². The van der Waals surface area contributed by atoms with Gasteiger partial charge < -0.3 is 11.1 Å². The Balaban J connectivity index is 2.03. The standard InChI is InChI=1S/C13H18FN3/c1-8-3-4-10(7-12(8)14)9(2)16-13(15)17-11-5-6-11/h3-4,7,9,11H,5-6H2,1-2H3,(H3,15,16,17). The van der Waals surface area contributed by atoms with Gasteiger partial charge in [-0.25, -0.2) is 4.39 Å². The predicted molar refractivity (Wildman–Crippen MR) is 67.3 cm³/mol. The number of hydrogen-bond donors (Lipinski definition) is 2. The number of benzene rings is 1. The van der Waals surface area contributed by atoms with Crippen LogP contribution in [0.2, 0.25) is 0 Å². The average Bonchev–Trinajstić information content (AvgIpc) is 3.05. The van der Waals surface area contributed by atoms with Gasteiger partial charge in [0.25, 0.3) is 0 Å². The smallest absolute Gasteiger partial charge is 0.189 e. The maximum Gasteiger partial charge on any atom is 0.189 e. The lowest BCUT2D eigenvalue weighted by molar-refractivity contribution is 0.609. The molecule has 1 aliphatic carbocycles. The molecule has 1 aromatic rings. The van der Waals surface area contributed by atoms with Gasteiger partial charge in [-0.2, -0.15) is 0 Å². The first-order valence-electron chi connectivity index (χ1n) is 5.92. The molecule has 0 bridgehead atoms. The molecule has 3 N–H and O–H groups in total. The molecule has 0 radical (unpaired) electrons. The summed E-state index contributed by atoms with van der Waals surface area (Å²) in [6.45, 7) is 3.69. The van der Waals surface area contributed by atoms with Gasteiger partial charge in [-0.3, -0.25) is 4.99 Å². The third-order valence-corrected chi connectivity index (χ3v) is 2.93. The van der Waals surface area contributed by atoms with Crippen LogP contribution in [-0.4, -0.2) is 12.0 Å². The second kappa shape index (κ2) is 4.73. The van der Waals surface area contributed by atoms with Crippen molar-refractivity contribution in [2.24, 2.45) is 10.7 Å². The van der Waals surface area contributed by atoms with Crippen molar-refractivity contribution in [2.45, 2.75) is 38.8 Å². The Morgan fingerprint density at radius 2 is 2.24 bits per heavy atom. The van der Waals surface area contributed by atoms with Crippen LogP contribution in [0.15, 0.2) is 23.2 Å². The topological polar surface area (TPSA) is 50.4 Å². The summed E-state index contributed by atoms with van der Waals surface area (Å²) in [5, 5.41) is 3.08. The fourth-order valence-corrected chi connectivity index (χ4v) is 1.62. The van der Waals surface area contributed by atoms with Crippen molar-refractivity contribution < 1.29 is 4.39 Å². The first-order chi connectivity index (χ1) is 8.06. The molecule has 17 heavy (non-hydrogen) atoms. The van der Waals surface area contributed by atoms with Gasteiger partial charge in [-0.05, 0) is 43.9 Å². The third kappa shape index (κ3) is 3.19. The number of nitrogens with one attached hydrogen (secondary N) is 1. The maximum absolute atomic E-state index is 13.4. The Bertz CT molecular complexity index is 438. The van der Waals surface area contributed by atoms with Crippen LogP contribution in [-0.2, 0) is 0 Å². The van der Waals surface area contributed by atoms with E-state index in [9.17, 15) is 4.39 Å². The van der Waals surface area contributed by atoms with Crippen molar-refractivity contribution in [2.75, 3.05) is 0 Å². The quantitative estimate of drug-likeness (QED) is 0.623. The third-order valence-electron chi connectivity index (χ3n) is 2.93. The molecule has 0 saturated heterocycles. The predicted octanol–water partition coefficient (Wildman–Crippen LogP) is 2.26. The average molecular weight is 235 g/mol. The molecule has 1 aliphatic rings. The molecule has 1 atom stereocenters. The van der Waals surface area contributed by atoms with Crippen LogP contribution in [0, 0.1) is 12.7 Å². The van der Waals surface area contributed by atoms with Crippen LogP contribution < -0.4 is 11.1 Å². The van der Waals surface area contributed by atoms with Gasteiger partial charge in [-0.15, -0.1) is 0 Å². The largest absolute Gasteiger partial charge is 0.370 e. The van der Waals surface area contributed by atoms with Crippen molar-refractivity contribution in [3.05, 3.63) is 35.1 Å². The zero-order chi connectivity index (χ0) is 12.4. The van der Waals surface area contributed by atoms with Gasteiger partial charge in [-0.1, -0.05) is 12.1 Å². The van der Waals surface area contributed by atoms with Gasteiger partial charge in [0.2, 0.25) is 0 Å². The summed E-state index contributed by atoms with van der Waals surface area (Å²) in [5.74, 6) is 0.259. The van der Waals surface area contributed by atoms with Crippen LogP contribution in [0.1, 0.15) is 36.9 Å². The molecule has 0 heterocycles. The van der Waals surface area contributed by atoms with Crippen molar-refractivity contribution in [3.63, 3.8) is 0 Å². The summed E-state index contributed by atoms with van der Waals surface area (Å²) in [6.07, 6.45) is 2.24. The highest BCUT2D eigenvalue weighted by molar-refractivity contribution is 5.78. The zero-order valence-corrected chi connectivity index (χ0v) is 10.2. The first kappa shape index (κ1) is 11.9. The second-order valence-corrected chi connectivity index (χ2v) is 4.62. The van der Waals surface area contributed by atoms with Gasteiger partial charge in [0, 0.05) is 0 Å². The molecule has 92 valence electrons. The summed E-state index contributed by atoms with van der Waals surface area (Å²) in [6, 6.07) is 5.58. The van der Waals surface area contributed by atoms with E-state index < -0.39 is 0 Å². The van der Waals surface area contributed by atoms with E-state index in [0.717, 1.165) is 18.4 Å². The van der Waals surface area contributed by atoms with Crippen molar-refractivity contribution >= 4 is 5.96 Å². The molecule has 0 spiro atoms. The van der Waals surface area contributed by atoms with Gasteiger partial charge in [0.1, 0.15) is 5.82 Å². The number of nitrogens with two attached hydrogens (primary N) is 1. The molecule has 0 aromatic heterocycles. The number of hydrogen-bond acceptors (Lipinski definition) is 1. The molecule has 4 heteroatoms. The number of aliphatic imine (C=N–C) groups is 1. The summed E-state index contributed by atoms with van der Waals surface area (Å²) in [4.78, 5) is 4.28. The summed E-state index contributed by atoms with van der Waals surface area (Å²) in [5.41, 5.74) is 7.30. The Hall–Kier alpha value is -1.58. The Kier molecular flexibility index (Phi) is 3.31. The Labute approximate surface area is 101 Å².